The first-order chi connectivity index (χ1) is 30.9. The minimum atomic E-state index is -0.437. The Hall–Kier alpha value is -2.20. The number of unbranched alkanes of at least 4 members (excludes halogenated alkanes) is 24. The van der Waals surface area contributed by atoms with Gasteiger partial charge >= 0.3 is 23.9 Å². The molecule has 2 atom stereocenters. The second kappa shape index (κ2) is 40.1. The number of hydrogen-bond acceptors (Lipinski definition) is 10. The second-order valence-corrected chi connectivity index (χ2v) is 19.1. The Bertz CT molecular complexity index is 1110. The van der Waals surface area contributed by atoms with Gasteiger partial charge in [0.05, 0.1) is 19.8 Å². The summed E-state index contributed by atoms with van der Waals surface area (Å²) in [6.45, 7) is 11.0. The number of carbonyl (C=O) groups excluding carboxylic acids is 4. The first-order valence-electron chi connectivity index (χ1n) is 27.0. The van der Waals surface area contributed by atoms with Gasteiger partial charge in [-0.15, -0.1) is 0 Å². The highest BCUT2D eigenvalue weighted by Gasteiger charge is 2.39. The summed E-state index contributed by atoms with van der Waals surface area (Å²) in [7, 11) is 0. The van der Waals surface area contributed by atoms with Crippen molar-refractivity contribution in [1.29, 1.82) is 0 Å². The van der Waals surface area contributed by atoms with Crippen molar-refractivity contribution in [2.24, 2.45) is 0 Å². The lowest BCUT2D eigenvalue weighted by molar-refractivity contribution is -0.151. The molecular formula is C53H98N2O8. The van der Waals surface area contributed by atoms with Crippen LogP contribution in [-0.2, 0) is 38.1 Å². The van der Waals surface area contributed by atoms with Gasteiger partial charge in [-0.3, -0.25) is 29.0 Å². The predicted molar refractivity (Wildman–Crippen MR) is 257 cm³/mol. The second-order valence-electron chi connectivity index (χ2n) is 19.1. The van der Waals surface area contributed by atoms with E-state index in [-0.39, 0.29) is 36.1 Å². The Morgan fingerprint density at radius 1 is 0.508 bits per heavy atom. The zero-order valence-corrected chi connectivity index (χ0v) is 41.3. The Morgan fingerprint density at radius 3 is 1.52 bits per heavy atom. The zero-order chi connectivity index (χ0) is 45.4. The molecule has 0 bridgehead atoms. The Balaban J connectivity index is 1.66. The van der Waals surface area contributed by atoms with Crippen molar-refractivity contribution < 1.29 is 38.1 Å². The van der Waals surface area contributed by atoms with E-state index in [2.05, 4.69) is 30.6 Å². The van der Waals surface area contributed by atoms with Crippen LogP contribution in [0.3, 0.4) is 0 Å². The molecule has 0 N–H and O–H groups in total. The van der Waals surface area contributed by atoms with Crippen LogP contribution in [0.2, 0.25) is 0 Å². The molecule has 2 rings (SSSR count). The lowest BCUT2D eigenvalue weighted by atomic mass is 10.0. The molecular weight excluding hydrogens is 793 g/mol. The highest BCUT2D eigenvalue weighted by Crippen LogP contribution is 2.24. The van der Waals surface area contributed by atoms with Gasteiger partial charge in [0.15, 0.2) is 0 Å². The average Bonchev–Trinajstić information content (AvgIpc) is 3.94. The molecule has 0 aliphatic carbocycles. The van der Waals surface area contributed by atoms with Crippen LogP contribution in [0.15, 0.2) is 0 Å². The van der Waals surface area contributed by atoms with Crippen molar-refractivity contribution in [2.45, 2.75) is 270 Å². The summed E-state index contributed by atoms with van der Waals surface area (Å²) in [6.07, 6.45) is 38.5. The van der Waals surface area contributed by atoms with E-state index in [1.165, 1.54) is 109 Å². The van der Waals surface area contributed by atoms with Crippen LogP contribution in [0.5, 0.6) is 0 Å². The molecule has 0 saturated carbocycles. The van der Waals surface area contributed by atoms with Gasteiger partial charge in [-0.05, 0) is 90.3 Å². The molecule has 0 aromatic heterocycles. The van der Waals surface area contributed by atoms with Crippen molar-refractivity contribution in [1.82, 2.24) is 9.80 Å². The van der Waals surface area contributed by atoms with Gasteiger partial charge in [0.1, 0.15) is 18.2 Å². The van der Waals surface area contributed by atoms with Crippen molar-refractivity contribution in [2.75, 3.05) is 45.9 Å². The molecule has 2 aliphatic heterocycles. The van der Waals surface area contributed by atoms with Gasteiger partial charge in [0.2, 0.25) is 0 Å². The van der Waals surface area contributed by atoms with Crippen molar-refractivity contribution in [3.63, 3.8) is 0 Å². The van der Waals surface area contributed by atoms with Crippen LogP contribution in [0, 0.1) is 0 Å². The van der Waals surface area contributed by atoms with Crippen LogP contribution in [0.25, 0.3) is 0 Å². The van der Waals surface area contributed by atoms with Gasteiger partial charge < -0.3 is 18.9 Å². The number of carbonyl (C=O) groups is 4. The van der Waals surface area contributed by atoms with Crippen LogP contribution in [0.1, 0.15) is 252 Å². The van der Waals surface area contributed by atoms with Gasteiger partial charge in [0, 0.05) is 25.8 Å². The molecule has 0 spiro atoms. The average molecular weight is 891 g/mol. The summed E-state index contributed by atoms with van der Waals surface area (Å²) in [5.74, 6) is -0.626. The molecule has 0 aromatic carbocycles. The fourth-order valence-electron chi connectivity index (χ4n) is 9.20. The topological polar surface area (TPSA) is 112 Å². The Morgan fingerprint density at radius 2 is 0.968 bits per heavy atom. The molecule has 63 heavy (non-hydrogen) atoms. The van der Waals surface area contributed by atoms with E-state index in [4.69, 9.17) is 18.9 Å². The molecule has 10 nitrogen and oxygen atoms in total. The quantitative estimate of drug-likeness (QED) is 0.0333. The molecule has 2 heterocycles. The van der Waals surface area contributed by atoms with E-state index >= 15 is 0 Å². The molecule has 2 saturated heterocycles. The predicted octanol–water partition coefficient (Wildman–Crippen LogP) is 13.0. The third-order valence-electron chi connectivity index (χ3n) is 13.2. The molecule has 10 heteroatoms. The van der Waals surface area contributed by atoms with E-state index in [0.29, 0.717) is 52.1 Å². The largest absolute Gasteiger partial charge is 0.466 e. The van der Waals surface area contributed by atoms with Crippen LogP contribution in [-0.4, -0.2) is 97.9 Å². The number of ether oxygens (including phenoxy) is 4. The number of nitrogens with zero attached hydrogens (tertiary/aromatic N) is 2. The SMILES string of the molecule is CCCCCCCCCCCOC(=O)CCCCCN1CC(OC(=O)CN2CCCC2)C[C@H]1C(=O)OCCCCCCCC(=O)OC(CCCCCCCC)CCCCCCCC. The van der Waals surface area contributed by atoms with E-state index in [0.717, 1.165) is 116 Å². The summed E-state index contributed by atoms with van der Waals surface area (Å²) in [5, 5.41) is 0. The van der Waals surface area contributed by atoms with E-state index < -0.39 is 6.04 Å². The maximum absolute atomic E-state index is 13.4. The number of esters is 4. The first kappa shape index (κ1) is 56.9. The fourth-order valence-corrected chi connectivity index (χ4v) is 9.20. The minimum absolute atomic E-state index is 0.0471. The van der Waals surface area contributed by atoms with E-state index in [1.54, 1.807) is 0 Å². The van der Waals surface area contributed by atoms with Gasteiger partial charge in [-0.2, -0.15) is 0 Å². The van der Waals surface area contributed by atoms with E-state index in [1.807, 2.05) is 0 Å². The van der Waals surface area contributed by atoms with Crippen LogP contribution in [0.4, 0.5) is 0 Å². The van der Waals surface area contributed by atoms with Gasteiger partial charge in [-0.1, -0.05) is 162 Å². The zero-order valence-electron chi connectivity index (χ0n) is 41.3. The molecule has 0 aromatic rings. The Labute approximate surface area is 386 Å². The summed E-state index contributed by atoms with van der Waals surface area (Å²) >= 11 is 0. The highest BCUT2D eigenvalue weighted by atomic mass is 16.6. The summed E-state index contributed by atoms with van der Waals surface area (Å²) in [5.41, 5.74) is 0. The normalized spacial score (nSPS) is 16.8. The molecule has 2 aliphatic rings. The van der Waals surface area contributed by atoms with E-state index in [9.17, 15) is 19.2 Å². The van der Waals surface area contributed by atoms with Crippen LogP contribution >= 0.6 is 0 Å². The Kier molecular flexibility index (Phi) is 36.2. The van der Waals surface area contributed by atoms with Gasteiger partial charge in [-0.25, -0.2) is 0 Å². The highest BCUT2D eigenvalue weighted by molar-refractivity contribution is 5.77. The minimum Gasteiger partial charge on any atom is -0.466 e. The first-order valence-corrected chi connectivity index (χ1v) is 27.0. The molecule has 368 valence electrons. The van der Waals surface area contributed by atoms with Crippen molar-refractivity contribution in [3.8, 4) is 0 Å². The lowest BCUT2D eigenvalue weighted by Gasteiger charge is -2.22. The third kappa shape index (κ3) is 31.4. The number of likely N-dealkylation sites (tertiary alicyclic amines) is 2. The summed E-state index contributed by atoms with van der Waals surface area (Å²) in [4.78, 5) is 55.6. The molecule has 0 radical (unpaired) electrons. The van der Waals surface area contributed by atoms with Crippen molar-refractivity contribution in [3.05, 3.63) is 0 Å². The smallest absolute Gasteiger partial charge is 0.323 e. The van der Waals surface area contributed by atoms with Gasteiger partial charge in [0.25, 0.3) is 0 Å². The number of hydrogen-bond donors (Lipinski definition) is 0. The lowest BCUT2D eigenvalue weighted by Crippen LogP contribution is -2.38. The monoisotopic (exact) mass is 891 g/mol. The third-order valence-corrected chi connectivity index (χ3v) is 13.2. The van der Waals surface area contributed by atoms with Crippen LogP contribution < -0.4 is 0 Å². The number of rotatable bonds is 43. The summed E-state index contributed by atoms with van der Waals surface area (Å²) < 4.78 is 23.2. The maximum Gasteiger partial charge on any atom is 0.323 e. The fraction of sp³-hybridized carbons (Fsp3) is 0.925. The molecule has 1 unspecified atom stereocenters. The maximum atomic E-state index is 13.4. The molecule has 2 fully saturated rings. The van der Waals surface area contributed by atoms with Crippen molar-refractivity contribution >= 4 is 23.9 Å². The molecule has 0 amide bonds. The summed E-state index contributed by atoms with van der Waals surface area (Å²) in [6, 6.07) is -0.437. The standard InChI is InChI=1S/C53H98N2O8/c1-4-7-10-13-16-17-18-23-33-42-60-50(56)37-29-25-30-41-55-45-48(63-52(58)46-54-39-31-32-40-54)44-49(55)53(59)61-43-34-24-19-22-28-38-51(57)62-47(35-26-20-14-11-8-5-2)36-27-21-15-12-9-6-3/h47-49H,4-46H2,1-3H3/t48?,49-/m0/s1.